The van der Waals surface area contributed by atoms with Gasteiger partial charge in [0.1, 0.15) is 0 Å². The third-order valence-electron chi connectivity index (χ3n) is 6.72. The van der Waals surface area contributed by atoms with Gasteiger partial charge in [-0.1, -0.05) is 0 Å². The van der Waals surface area contributed by atoms with Crippen molar-refractivity contribution in [2.24, 2.45) is 5.92 Å². The molecule has 1 saturated carbocycles. The standard InChI is InChI=1S/C25H20ClF9N2O3/c26-21(38)37-19-4-3-14(23(27,28)29)10-17(19)18(11-20(37)13-1-2-13)36-22(39)40-6-5-12-7-15(24(30,31)32)9-16(8-12)25(33,34)35/h3-4,7-10,13,18,20H,1-2,5-6,11H2,(H,36,39). The average molecular weight is 603 g/mol. The molecule has 1 fully saturated rings. The highest BCUT2D eigenvalue weighted by Gasteiger charge is 2.45. The van der Waals surface area contributed by atoms with Gasteiger partial charge in [-0.15, -0.1) is 0 Å². The zero-order chi connectivity index (χ0) is 29.6. The molecule has 1 aliphatic heterocycles. The Morgan fingerprint density at radius 1 is 0.875 bits per heavy atom. The van der Waals surface area contributed by atoms with E-state index in [-0.39, 0.29) is 29.7 Å². The number of rotatable bonds is 5. The van der Waals surface area contributed by atoms with Crippen molar-refractivity contribution in [2.75, 3.05) is 11.5 Å². The van der Waals surface area contributed by atoms with Gasteiger partial charge in [-0.3, -0.25) is 9.69 Å². The van der Waals surface area contributed by atoms with Gasteiger partial charge < -0.3 is 10.1 Å². The second-order valence-electron chi connectivity index (χ2n) is 9.53. The van der Waals surface area contributed by atoms with E-state index in [2.05, 4.69) is 5.32 Å². The van der Waals surface area contributed by atoms with Gasteiger partial charge in [-0.05, 0) is 84.3 Å². The van der Waals surface area contributed by atoms with Crippen LogP contribution in [0.2, 0.25) is 0 Å². The maximum absolute atomic E-state index is 13.4. The van der Waals surface area contributed by atoms with E-state index in [4.69, 9.17) is 16.3 Å². The Morgan fingerprint density at radius 2 is 1.45 bits per heavy atom. The maximum Gasteiger partial charge on any atom is 0.416 e. The molecule has 4 rings (SSSR count). The first-order valence-electron chi connectivity index (χ1n) is 11.9. The fraction of sp³-hybridized carbons (Fsp3) is 0.440. The van der Waals surface area contributed by atoms with E-state index < -0.39 is 77.4 Å². The predicted octanol–water partition coefficient (Wildman–Crippen LogP) is 8.10. The number of anilines is 1. The molecule has 0 aromatic heterocycles. The number of amides is 2. The Morgan fingerprint density at radius 3 is 1.95 bits per heavy atom. The summed E-state index contributed by atoms with van der Waals surface area (Å²) in [6.45, 7) is -0.620. The number of nitrogens with one attached hydrogen (secondary N) is 1. The molecule has 1 N–H and O–H groups in total. The van der Waals surface area contributed by atoms with Crippen molar-refractivity contribution in [1.29, 1.82) is 0 Å². The number of alkyl halides is 9. The van der Waals surface area contributed by atoms with Crippen LogP contribution in [-0.4, -0.2) is 24.1 Å². The fourth-order valence-corrected chi connectivity index (χ4v) is 4.95. The van der Waals surface area contributed by atoms with Crippen LogP contribution in [0.15, 0.2) is 36.4 Å². The molecule has 1 aliphatic carbocycles. The molecule has 15 heteroatoms. The van der Waals surface area contributed by atoms with E-state index in [9.17, 15) is 49.1 Å². The summed E-state index contributed by atoms with van der Waals surface area (Å²) in [5.41, 5.74) is -4.45. The Labute approximate surface area is 226 Å². The molecule has 0 bridgehead atoms. The summed E-state index contributed by atoms with van der Waals surface area (Å²) in [6.07, 6.45) is -15.0. The quantitative estimate of drug-likeness (QED) is 0.214. The van der Waals surface area contributed by atoms with E-state index in [1.807, 2.05) is 0 Å². The zero-order valence-electron chi connectivity index (χ0n) is 20.2. The van der Waals surface area contributed by atoms with E-state index in [0.717, 1.165) is 31.0 Å². The molecular weight excluding hydrogens is 583 g/mol. The lowest BCUT2D eigenvalue weighted by molar-refractivity contribution is -0.143. The third kappa shape index (κ3) is 6.76. The van der Waals surface area contributed by atoms with Crippen LogP contribution < -0.4 is 10.2 Å². The van der Waals surface area contributed by atoms with Gasteiger partial charge in [0, 0.05) is 12.5 Å². The van der Waals surface area contributed by atoms with Crippen molar-refractivity contribution < 1.29 is 53.8 Å². The summed E-state index contributed by atoms with van der Waals surface area (Å²) in [5.74, 6) is 0.00204. The molecule has 1 heterocycles. The minimum atomic E-state index is -5.05. The molecule has 5 nitrogen and oxygen atoms in total. The smallest absolute Gasteiger partial charge is 0.416 e. The van der Waals surface area contributed by atoms with Crippen LogP contribution in [0.4, 0.5) is 54.8 Å². The average Bonchev–Trinajstić information content (AvgIpc) is 3.67. The Bertz CT molecular complexity index is 1260. The van der Waals surface area contributed by atoms with Gasteiger partial charge >= 0.3 is 30.0 Å². The highest BCUT2D eigenvalue weighted by molar-refractivity contribution is 6.66. The zero-order valence-corrected chi connectivity index (χ0v) is 20.9. The molecule has 0 saturated heterocycles. The number of ether oxygens (including phenoxy) is 1. The predicted molar refractivity (Wildman–Crippen MR) is 124 cm³/mol. The number of fused-ring (bicyclic) bond motifs is 1. The summed E-state index contributed by atoms with van der Waals surface area (Å²) < 4.78 is 124. The number of benzene rings is 2. The van der Waals surface area contributed by atoms with Crippen molar-refractivity contribution >= 4 is 28.7 Å². The lowest BCUT2D eigenvalue weighted by Crippen LogP contribution is -2.47. The maximum atomic E-state index is 13.4. The number of carbonyl (C=O) groups excluding carboxylic acids is 2. The molecular formula is C25H20ClF9N2O3. The lowest BCUT2D eigenvalue weighted by atomic mass is 9.88. The van der Waals surface area contributed by atoms with E-state index in [0.29, 0.717) is 12.1 Å². The summed E-state index contributed by atoms with van der Waals surface area (Å²) in [7, 11) is 0. The van der Waals surface area contributed by atoms with Gasteiger partial charge in [-0.25, -0.2) is 4.79 Å². The number of halogens is 10. The first-order valence-corrected chi connectivity index (χ1v) is 12.2. The van der Waals surface area contributed by atoms with E-state index >= 15 is 0 Å². The first-order chi connectivity index (χ1) is 18.4. The highest BCUT2D eigenvalue weighted by Crippen LogP contribution is 2.48. The van der Waals surface area contributed by atoms with E-state index in [1.165, 1.54) is 4.90 Å². The number of hydrogen-bond donors (Lipinski definition) is 1. The number of carbonyl (C=O) groups is 2. The molecule has 40 heavy (non-hydrogen) atoms. The van der Waals surface area contributed by atoms with Crippen molar-refractivity contribution in [3.63, 3.8) is 0 Å². The molecule has 2 aromatic carbocycles. The molecule has 0 spiro atoms. The van der Waals surface area contributed by atoms with Gasteiger partial charge in [-0.2, -0.15) is 39.5 Å². The van der Waals surface area contributed by atoms with Gasteiger partial charge in [0.25, 0.3) is 0 Å². The summed E-state index contributed by atoms with van der Waals surface area (Å²) in [4.78, 5) is 25.9. The van der Waals surface area contributed by atoms with Gasteiger partial charge in [0.05, 0.1) is 35.0 Å². The van der Waals surface area contributed by atoms with Crippen LogP contribution in [0.25, 0.3) is 0 Å². The van der Waals surface area contributed by atoms with Gasteiger partial charge in [0.2, 0.25) is 0 Å². The Balaban J connectivity index is 1.51. The largest absolute Gasteiger partial charge is 0.449 e. The van der Waals surface area contributed by atoms with Crippen molar-refractivity contribution in [3.8, 4) is 0 Å². The molecule has 2 atom stereocenters. The van der Waals surface area contributed by atoms with Crippen molar-refractivity contribution in [3.05, 3.63) is 64.2 Å². The number of nitrogens with zero attached hydrogens (tertiary/aromatic N) is 1. The van der Waals surface area contributed by atoms with E-state index in [1.54, 1.807) is 0 Å². The molecule has 0 radical (unpaired) electrons. The number of hydrogen-bond acceptors (Lipinski definition) is 3. The van der Waals surface area contributed by atoms with Crippen LogP contribution in [0.3, 0.4) is 0 Å². The first kappa shape index (κ1) is 29.8. The summed E-state index contributed by atoms with van der Waals surface area (Å²) in [5, 5.41) is 1.51. The monoisotopic (exact) mass is 602 g/mol. The normalized spacial score (nSPS) is 19.7. The van der Waals surface area contributed by atoms with Crippen LogP contribution >= 0.6 is 11.6 Å². The minimum absolute atomic E-state index is 0.00204. The molecule has 2 aromatic rings. The van der Waals surface area contributed by atoms with Crippen LogP contribution in [0.5, 0.6) is 0 Å². The third-order valence-corrected chi connectivity index (χ3v) is 6.90. The lowest BCUT2D eigenvalue weighted by Gasteiger charge is -2.40. The number of alkyl carbamates (subject to hydrolysis) is 1. The van der Waals surface area contributed by atoms with Crippen molar-refractivity contribution in [2.45, 2.75) is 56.3 Å². The summed E-state index contributed by atoms with van der Waals surface area (Å²) >= 11 is 5.75. The van der Waals surface area contributed by atoms with Gasteiger partial charge in [0.15, 0.2) is 0 Å². The van der Waals surface area contributed by atoms with Crippen LogP contribution in [0, 0.1) is 5.92 Å². The molecule has 218 valence electrons. The fourth-order valence-electron chi connectivity index (χ4n) is 4.74. The molecule has 2 aliphatic rings. The highest BCUT2D eigenvalue weighted by atomic mass is 35.5. The second kappa shape index (κ2) is 10.7. The molecule has 2 amide bonds. The topological polar surface area (TPSA) is 58.6 Å². The Hall–Kier alpha value is -3.16. The summed E-state index contributed by atoms with van der Waals surface area (Å²) in [6, 6.07) is 2.04. The minimum Gasteiger partial charge on any atom is -0.449 e. The van der Waals surface area contributed by atoms with Crippen LogP contribution in [0.1, 0.15) is 53.1 Å². The molecule has 2 unspecified atom stereocenters. The SMILES string of the molecule is O=C(NC1CC(C2CC2)N(C(=O)Cl)c2ccc(C(F)(F)F)cc21)OCCc1cc(C(F)(F)F)cc(C(F)(F)F)c1. The Kier molecular flexibility index (Phi) is 7.96. The second-order valence-corrected chi connectivity index (χ2v) is 9.86. The van der Waals surface area contributed by atoms with Crippen molar-refractivity contribution in [1.82, 2.24) is 5.32 Å². The van der Waals surface area contributed by atoms with Crippen LogP contribution in [-0.2, 0) is 29.7 Å².